The molecule has 3 nitrogen and oxygen atoms in total. The summed E-state index contributed by atoms with van der Waals surface area (Å²) < 4.78 is 2.32. The number of hydrogen-bond acceptors (Lipinski definition) is 2. The molecular weight excluding hydrogens is 571 g/mol. The fourth-order valence-electron chi connectivity index (χ4n) is 7.40. The number of rotatable bonds is 3. The zero-order chi connectivity index (χ0) is 30.9. The molecule has 3 heteroatoms. The van der Waals surface area contributed by atoms with E-state index in [9.17, 15) is 0 Å². The number of hydrogen-bond donors (Lipinski definition) is 0. The highest BCUT2D eigenvalue weighted by Crippen LogP contribution is 2.42. The fourth-order valence-corrected chi connectivity index (χ4v) is 7.40. The lowest BCUT2D eigenvalue weighted by atomic mass is 9.94. The van der Waals surface area contributed by atoms with Crippen LogP contribution in [0, 0.1) is 0 Å². The van der Waals surface area contributed by atoms with Crippen molar-refractivity contribution in [2.24, 2.45) is 0 Å². The van der Waals surface area contributed by atoms with Crippen molar-refractivity contribution in [2.45, 2.75) is 0 Å². The van der Waals surface area contributed by atoms with Crippen molar-refractivity contribution in [1.82, 2.24) is 14.5 Å². The number of para-hydroxylation sites is 3. The van der Waals surface area contributed by atoms with E-state index >= 15 is 0 Å². The molecule has 2 heterocycles. The lowest BCUT2D eigenvalue weighted by Crippen LogP contribution is -2.03. The molecule has 218 valence electrons. The van der Waals surface area contributed by atoms with E-state index in [0.717, 1.165) is 39.1 Å². The zero-order valence-corrected chi connectivity index (χ0v) is 25.4. The maximum atomic E-state index is 5.35. The molecule has 10 aromatic rings. The second-order valence-electron chi connectivity index (χ2n) is 12.2. The van der Waals surface area contributed by atoms with Crippen LogP contribution in [0.4, 0.5) is 0 Å². The lowest BCUT2D eigenvalue weighted by Gasteiger charge is -2.14. The fraction of sp³-hybridized carbons (Fsp3) is 0. The third-order valence-electron chi connectivity index (χ3n) is 9.57. The molecule has 0 unspecified atom stereocenters. The Balaban J connectivity index is 1.29. The van der Waals surface area contributed by atoms with Crippen LogP contribution in [-0.4, -0.2) is 14.5 Å². The molecule has 0 aliphatic heterocycles. The van der Waals surface area contributed by atoms with E-state index in [2.05, 4.69) is 150 Å². The number of nitrogens with zero attached hydrogens (tertiary/aromatic N) is 3. The Hall–Kier alpha value is -6.32. The third kappa shape index (κ3) is 3.93. The molecule has 0 radical (unpaired) electrons. The van der Waals surface area contributed by atoms with E-state index in [1.54, 1.807) is 0 Å². The standard InChI is InChI=1S/C44H27N3/c1-2-10-28(11-3-1)29-18-22-32(23-19-29)43-44(46-38-16-8-7-15-37(38)45-43)47-39-17-9-6-14-36(39)42-35-25-24-31-21-20-30-12-4-5-13-33(30)41(31)34(35)26-27-40(42)47/h1-27H. The molecular formula is C44H27N3. The highest BCUT2D eigenvalue weighted by atomic mass is 15.1. The third-order valence-corrected chi connectivity index (χ3v) is 9.57. The maximum Gasteiger partial charge on any atom is 0.165 e. The van der Waals surface area contributed by atoms with Gasteiger partial charge in [0.2, 0.25) is 0 Å². The van der Waals surface area contributed by atoms with Crippen molar-refractivity contribution in [3.05, 3.63) is 164 Å². The van der Waals surface area contributed by atoms with Gasteiger partial charge in [0.15, 0.2) is 5.82 Å². The Morgan fingerprint density at radius 1 is 0.340 bits per heavy atom. The Morgan fingerprint density at radius 2 is 0.936 bits per heavy atom. The number of aromatic nitrogens is 3. The molecule has 47 heavy (non-hydrogen) atoms. The van der Waals surface area contributed by atoms with Crippen LogP contribution in [0.3, 0.4) is 0 Å². The van der Waals surface area contributed by atoms with Crippen molar-refractivity contribution < 1.29 is 0 Å². The van der Waals surface area contributed by atoms with Crippen LogP contribution in [0.5, 0.6) is 0 Å². The van der Waals surface area contributed by atoms with Gasteiger partial charge in [0, 0.05) is 16.3 Å². The summed E-state index contributed by atoms with van der Waals surface area (Å²) in [6, 6.07) is 58.3. The Labute approximate surface area is 271 Å². The average Bonchev–Trinajstić information content (AvgIpc) is 3.49. The second kappa shape index (κ2) is 10.1. The SMILES string of the molecule is c1ccc(-c2ccc(-c3nc4ccccc4nc3-n3c4ccccc4c4c5ccc6ccc7ccccc7c6c5ccc43)cc2)cc1. The molecule has 0 atom stereocenters. The van der Waals surface area contributed by atoms with E-state index in [1.165, 1.54) is 54.2 Å². The van der Waals surface area contributed by atoms with Crippen LogP contribution in [0.1, 0.15) is 0 Å². The zero-order valence-electron chi connectivity index (χ0n) is 25.4. The van der Waals surface area contributed by atoms with Crippen molar-refractivity contribution in [3.8, 4) is 28.2 Å². The average molecular weight is 598 g/mol. The molecule has 0 fully saturated rings. The van der Waals surface area contributed by atoms with Gasteiger partial charge in [0.1, 0.15) is 5.69 Å². The molecule has 0 amide bonds. The largest absolute Gasteiger partial charge is 0.292 e. The summed E-state index contributed by atoms with van der Waals surface area (Å²) in [6.45, 7) is 0. The summed E-state index contributed by atoms with van der Waals surface area (Å²) in [6.07, 6.45) is 0. The summed E-state index contributed by atoms with van der Waals surface area (Å²) in [4.78, 5) is 10.6. The van der Waals surface area contributed by atoms with E-state index in [0.29, 0.717) is 0 Å². The monoisotopic (exact) mass is 597 g/mol. The van der Waals surface area contributed by atoms with Gasteiger partial charge < -0.3 is 0 Å². The van der Waals surface area contributed by atoms with Gasteiger partial charge in [0.05, 0.1) is 22.1 Å². The van der Waals surface area contributed by atoms with Gasteiger partial charge in [-0.3, -0.25) is 4.57 Å². The molecule has 0 saturated carbocycles. The summed E-state index contributed by atoms with van der Waals surface area (Å²) in [5, 5.41) is 10.0. The van der Waals surface area contributed by atoms with Gasteiger partial charge in [-0.2, -0.15) is 0 Å². The lowest BCUT2D eigenvalue weighted by molar-refractivity contribution is 1.08. The summed E-state index contributed by atoms with van der Waals surface area (Å²) in [5.74, 6) is 0.827. The number of benzene rings is 8. The minimum atomic E-state index is 0.827. The summed E-state index contributed by atoms with van der Waals surface area (Å²) >= 11 is 0. The predicted molar refractivity (Wildman–Crippen MR) is 197 cm³/mol. The maximum absolute atomic E-state index is 5.35. The highest BCUT2D eigenvalue weighted by molar-refractivity contribution is 6.29. The van der Waals surface area contributed by atoms with Crippen LogP contribution in [-0.2, 0) is 0 Å². The van der Waals surface area contributed by atoms with Crippen LogP contribution < -0.4 is 0 Å². The quantitative estimate of drug-likeness (QED) is 0.190. The van der Waals surface area contributed by atoms with Crippen molar-refractivity contribution in [2.75, 3.05) is 0 Å². The first kappa shape index (κ1) is 26.0. The molecule has 8 aromatic carbocycles. The predicted octanol–water partition coefficient (Wildman–Crippen LogP) is 11.5. The molecule has 0 aliphatic carbocycles. The van der Waals surface area contributed by atoms with Gasteiger partial charge in [-0.25, -0.2) is 9.97 Å². The minimum absolute atomic E-state index is 0.827. The van der Waals surface area contributed by atoms with Gasteiger partial charge in [-0.15, -0.1) is 0 Å². The van der Waals surface area contributed by atoms with E-state index < -0.39 is 0 Å². The van der Waals surface area contributed by atoms with Crippen LogP contribution in [0.25, 0.3) is 93.4 Å². The second-order valence-corrected chi connectivity index (χ2v) is 12.2. The topological polar surface area (TPSA) is 30.7 Å². The van der Waals surface area contributed by atoms with E-state index in [1.807, 2.05) is 18.2 Å². The summed E-state index contributed by atoms with van der Waals surface area (Å²) in [5.41, 5.74) is 8.23. The van der Waals surface area contributed by atoms with Crippen LogP contribution >= 0.6 is 0 Å². The Morgan fingerprint density at radius 3 is 1.79 bits per heavy atom. The molecule has 10 rings (SSSR count). The molecule has 0 spiro atoms. The first-order valence-electron chi connectivity index (χ1n) is 16.0. The first-order valence-corrected chi connectivity index (χ1v) is 16.0. The number of fused-ring (bicyclic) bond motifs is 10. The van der Waals surface area contributed by atoms with Gasteiger partial charge in [-0.1, -0.05) is 140 Å². The van der Waals surface area contributed by atoms with Crippen molar-refractivity contribution in [3.63, 3.8) is 0 Å². The smallest absolute Gasteiger partial charge is 0.165 e. The first-order chi connectivity index (χ1) is 23.3. The van der Waals surface area contributed by atoms with Crippen LogP contribution in [0.2, 0.25) is 0 Å². The Bertz CT molecular complexity index is 2830. The Kier molecular flexibility index (Phi) is 5.57. The van der Waals surface area contributed by atoms with Gasteiger partial charge in [0.25, 0.3) is 0 Å². The van der Waals surface area contributed by atoms with Crippen LogP contribution in [0.15, 0.2) is 164 Å². The van der Waals surface area contributed by atoms with Crippen molar-refractivity contribution >= 4 is 65.2 Å². The van der Waals surface area contributed by atoms with Gasteiger partial charge >= 0.3 is 0 Å². The molecule has 0 aliphatic rings. The minimum Gasteiger partial charge on any atom is -0.292 e. The van der Waals surface area contributed by atoms with E-state index in [-0.39, 0.29) is 0 Å². The highest BCUT2D eigenvalue weighted by Gasteiger charge is 2.21. The molecule has 2 aromatic heterocycles. The molecule has 0 bridgehead atoms. The summed E-state index contributed by atoms with van der Waals surface area (Å²) in [7, 11) is 0. The van der Waals surface area contributed by atoms with E-state index in [4.69, 9.17) is 9.97 Å². The normalized spacial score (nSPS) is 11.8. The molecule has 0 N–H and O–H groups in total. The van der Waals surface area contributed by atoms with Gasteiger partial charge in [-0.05, 0) is 67.7 Å². The molecule has 0 saturated heterocycles. The van der Waals surface area contributed by atoms with Crippen molar-refractivity contribution in [1.29, 1.82) is 0 Å².